The lowest BCUT2D eigenvalue weighted by molar-refractivity contribution is 0.819. The molecule has 0 saturated heterocycles. The van der Waals surface area contributed by atoms with E-state index in [0.29, 0.717) is 5.92 Å². The van der Waals surface area contributed by atoms with E-state index in [1.807, 2.05) is 23.5 Å². The number of anilines is 6. The molecule has 4 heteroatoms. The Labute approximate surface area is 439 Å². The summed E-state index contributed by atoms with van der Waals surface area (Å²) in [5.74, 6) is 0.303. The molecule has 2 aliphatic heterocycles. The molecule has 12 aromatic carbocycles. The van der Waals surface area contributed by atoms with Crippen molar-refractivity contribution < 1.29 is 0 Å². The molecular formula is C70H46N2S2. The van der Waals surface area contributed by atoms with Crippen LogP contribution in [0.15, 0.2) is 274 Å². The van der Waals surface area contributed by atoms with Crippen molar-refractivity contribution in [1.29, 1.82) is 0 Å². The molecule has 0 fully saturated rings. The first-order valence-electron chi connectivity index (χ1n) is 25.5. The van der Waals surface area contributed by atoms with Crippen LogP contribution in [0.25, 0.3) is 71.8 Å². The van der Waals surface area contributed by atoms with Crippen molar-refractivity contribution >= 4 is 96.0 Å². The second-order valence-corrected chi connectivity index (χ2v) is 21.7. The smallest absolute Gasteiger partial charge is 0.0601 e. The van der Waals surface area contributed by atoms with E-state index in [1.54, 1.807) is 0 Å². The second-order valence-electron chi connectivity index (χ2n) is 19.5. The van der Waals surface area contributed by atoms with Crippen LogP contribution in [0.1, 0.15) is 29.0 Å². The fourth-order valence-corrected chi connectivity index (χ4v) is 14.1. The van der Waals surface area contributed by atoms with Gasteiger partial charge in [-0.05, 0) is 162 Å². The Bertz CT molecular complexity index is 4150. The molecule has 1 aliphatic carbocycles. The fourth-order valence-electron chi connectivity index (χ4n) is 12.0. The van der Waals surface area contributed by atoms with Crippen LogP contribution in [-0.4, -0.2) is 0 Å². The number of rotatable bonds is 6. The van der Waals surface area contributed by atoms with Gasteiger partial charge in [0.2, 0.25) is 0 Å². The number of benzene rings is 12. The number of hydrogen-bond acceptors (Lipinski definition) is 4. The lowest BCUT2D eigenvalue weighted by atomic mass is 9.81. The van der Waals surface area contributed by atoms with Crippen molar-refractivity contribution in [3.05, 3.63) is 271 Å². The van der Waals surface area contributed by atoms with Gasteiger partial charge in [-0.3, -0.25) is 0 Å². The molecular weight excluding hydrogens is 933 g/mol. The summed E-state index contributed by atoms with van der Waals surface area (Å²) in [7, 11) is 0. The average molecular weight is 979 g/mol. The summed E-state index contributed by atoms with van der Waals surface area (Å²) in [6.45, 7) is 0. The zero-order valence-electron chi connectivity index (χ0n) is 40.3. The van der Waals surface area contributed by atoms with Crippen molar-refractivity contribution in [1.82, 2.24) is 0 Å². The van der Waals surface area contributed by atoms with Crippen molar-refractivity contribution in [3.8, 4) is 33.4 Å². The summed E-state index contributed by atoms with van der Waals surface area (Å²) in [5.41, 5.74) is 18.4. The molecule has 0 amide bonds. The predicted octanol–water partition coefficient (Wildman–Crippen LogP) is 20.6. The van der Waals surface area contributed by atoms with E-state index in [-0.39, 0.29) is 0 Å². The third-order valence-corrected chi connectivity index (χ3v) is 17.6. The van der Waals surface area contributed by atoms with Crippen LogP contribution in [0.3, 0.4) is 0 Å². The van der Waals surface area contributed by atoms with Gasteiger partial charge in [0.05, 0.1) is 22.7 Å². The maximum Gasteiger partial charge on any atom is 0.0601 e. The summed E-state index contributed by atoms with van der Waals surface area (Å²) in [6, 6.07) is 92.9. The van der Waals surface area contributed by atoms with E-state index in [9.17, 15) is 0 Å². The van der Waals surface area contributed by atoms with Gasteiger partial charge in [0, 0.05) is 36.9 Å². The Hall–Kier alpha value is -8.54. The molecule has 348 valence electrons. The molecule has 1 unspecified atom stereocenters. The van der Waals surface area contributed by atoms with Gasteiger partial charge in [0.15, 0.2) is 0 Å². The highest BCUT2D eigenvalue weighted by Gasteiger charge is 2.29. The molecule has 0 saturated carbocycles. The van der Waals surface area contributed by atoms with Crippen molar-refractivity contribution in [2.75, 3.05) is 9.80 Å². The summed E-state index contributed by atoms with van der Waals surface area (Å²) >= 11 is 3.70. The quantitative estimate of drug-likeness (QED) is 0.153. The molecule has 3 aliphatic rings. The first-order valence-corrected chi connectivity index (χ1v) is 27.1. The maximum absolute atomic E-state index is 2.47. The zero-order valence-corrected chi connectivity index (χ0v) is 42.0. The average Bonchev–Trinajstić information content (AvgIpc) is 3.47. The van der Waals surface area contributed by atoms with E-state index < -0.39 is 0 Å². The van der Waals surface area contributed by atoms with Crippen LogP contribution in [0.4, 0.5) is 34.1 Å². The Morgan fingerprint density at radius 1 is 0.351 bits per heavy atom. The van der Waals surface area contributed by atoms with Crippen LogP contribution >= 0.6 is 23.5 Å². The summed E-state index contributed by atoms with van der Waals surface area (Å²) in [4.78, 5) is 9.93. The van der Waals surface area contributed by atoms with Gasteiger partial charge in [-0.25, -0.2) is 0 Å². The summed E-state index contributed by atoms with van der Waals surface area (Å²) < 4.78 is 0. The highest BCUT2D eigenvalue weighted by Crippen LogP contribution is 2.55. The first-order chi connectivity index (χ1) is 36.7. The molecule has 0 aromatic heterocycles. The molecule has 0 spiro atoms. The SMILES string of the molecule is C1=Cc2ccccc2C(c2ccc(-c3c4ccc(N5c6ccccc6Sc6ccccc65)cc4c(-c4ccc(-c5cccc6ccccc56)cc4)c4ccc(N5c6ccccc6Sc6ccccc65)cc34)cc2)C1. The lowest BCUT2D eigenvalue weighted by Crippen LogP contribution is -2.15. The molecule has 2 heterocycles. The minimum Gasteiger partial charge on any atom is -0.308 e. The van der Waals surface area contributed by atoms with Gasteiger partial charge >= 0.3 is 0 Å². The van der Waals surface area contributed by atoms with Crippen molar-refractivity contribution in [2.45, 2.75) is 31.9 Å². The monoisotopic (exact) mass is 978 g/mol. The van der Waals surface area contributed by atoms with E-state index in [1.165, 1.54) is 125 Å². The largest absolute Gasteiger partial charge is 0.308 e. The third-order valence-electron chi connectivity index (χ3n) is 15.4. The van der Waals surface area contributed by atoms with Gasteiger partial charge in [-0.2, -0.15) is 0 Å². The molecule has 1 atom stereocenters. The third kappa shape index (κ3) is 7.05. The molecule has 74 heavy (non-hydrogen) atoms. The molecule has 0 radical (unpaired) electrons. The van der Waals surface area contributed by atoms with Gasteiger partial charge < -0.3 is 9.80 Å². The molecule has 12 aromatic rings. The summed E-state index contributed by atoms with van der Waals surface area (Å²) in [6.07, 6.45) is 5.60. The van der Waals surface area contributed by atoms with Gasteiger partial charge in [-0.15, -0.1) is 0 Å². The standard InChI is InChI=1S/C70H46N2S2/c1-3-19-53-45(15-1)17-13-21-55(53)47-31-35-49(36-32-47)69-57-41-39-52(72-63-25-7-11-29-67(63)74-68-30-12-8-26-64(68)72)44-60(57)70(50-37-33-48(34-38-50)56-22-14-18-46-16-2-4-20-54(46)56)58-42-40-51(43-59(58)69)71-61-23-5-9-27-65(61)73-66-28-10-6-24-62(66)71/h1-21,23-44,56H,22H2. The van der Waals surface area contributed by atoms with Crippen LogP contribution in [-0.2, 0) is 0 Å². The van der Waals surface area contributed by atoms with Crippen LogP contribution in [0.5, 0.6) is 0 Å². The Morgan fingerprint density at radius 2 is 0.811 bits per heavy atom. The molecule has 15 rings (SSSR count). The first kappa shape index (κ1) is 43.1. The molecule has 0 bridgehead atoms. The topological polar surface area (TPSA) is 6.48 Å². The predicted molar refractivity (Wildman–Crippen MR) is 315 cm³/mol. The normalized spacial score (nSPS) is 14.4. The number of allylic oxidation sites excluding steroid dienone is 1. The Kier molecular flexibility index (Phi) is 10.2. The minimum absolute atomic E-state index is 0.303. The van der Waals surface area contributed by atoms with Crippen molar-refractivity contribution in [2.24, 2.45) is 0 Å². The Morgan fingerprint density at radius 3 is 1.38 bits per heavy atom. The highest BCUT2D eigenvalue weighted by molar-refractivity contribution is 8.00. The van der Waals surface area contributed by atoms with Gasteiger partial charge in [-0.1, -0.05) is 212 Å². The number of fused-ring (bicyclic) bond motifs is 8. The number of para-hydroxylation sites is 4. The van der Waals surface area contributed by atoms with E-state index >= 15 is 0 Å². The van der Waals surface area contributed by atoms with Crippen LogP contribution in [0, 0.1) is 0 Å². The lowest BCUT2D eigenvalue weighted by Gasteiger charge is -2.34. The Balaban J connectivity index is 1.00. The van der Waals surface area contributed by atoms with E-state index in [4.69, 9.17) is 0 Å². The van der Waals surface area contributed by atoms with Gasteiger partial charge in [0.1, 0.15) is 0 Å². The molecule has 0 N–H and O–H groups in total. The summed E-state index contributed by atoms with van der Waals surface area (Å²) in [5, 5.41) is 7.36. The van der Waals surface area contributed by atoms with Crippen LogP contribution < -0.4 is 9.80 Å². The maximum atomic E-state index is 2.47. The van der Waals surface area contributed by atoms with E-state index in [0.717, 1.165) is 17.8 Å². The fraction of sp³-hybridized carbons (Fsp3) is 0.0286. The van der Waals surface area contributed by atoms with Crippen LogP contribution in [0.2, 0.25) is 0 Å². The van der Waals surface area contributed by atoms with E-state index in [2.05, 4.69) is 271 Å². The van der Waals surface area contributed by atoms with Gasteiger partial charge in [0.25, 0.3) is 0 Å². The second kappa shape index (κ2) is 17.6. The zero-order chi connectivity index (χ0) is 48.7. The molecule has 2 nitrogen and oxygen atoms in total. The highest BCUT2D eigenvalue weighted by atomic mass is 32.2. The minimum atomic E-state index is 0.303. The number of nitrogens with zero attached hydrogens (tertiary/aromatic N) is 2. The van der Waals surface area contributed by atoms with Crippen molar-refractivity contribution in [3.63, 3.8) is 0 Å². The number of hydrogen-bond donors (Lipinski definition) is 0.